The van der Waals surface area contributed by atoms with Crippen molar-refractivity contribution < 1.29 is 13.2 Å². The van der Waals surface area contributed by atoms with Crippen molar-refractivity contribution in [3.05, 3.63) is 15.6 Å². The van der Waals surface area contributed by atoms with Gasteiger partial charge in [0.05, 0.1) is 4.88 Å². The lowest BCUT2D eigenvalue weighted by Gasteiger charge is -2.04. The lowest BCUT2D eigenvalue weighted by Crippen LogP contribution is -2.12. The summed E-state index contributed by atoms with van der Waals surface area (Å²) in [5.41, 5.74) is -0.734. The molecule has 7 heteroatoms. The zero-order valence-corrected chi connectivity index (χ0v) is 12.2. The van der Waals surface area contributed by atoms with Crippen LogP contribution >= 0.6 is 23.1 Å². The van der Waals surface area contributed by atoms with Crippen LogP contribution in [-0.4, -0.2) is 17.8 Å². The molecule has 1 aromatic rings. The molecule has 1 N–H and O–H groups in total. The quantitative estimate of drug-likeness (QED) is 0.865. The van der Waals surface area contributed by atoms with Crippen molar-refractivity contribution in [2.24, 2.45) is 5.92 Å². The summed E-state index contributed by atoms with van der Waals surface area (Å²) in [6.07, 6.45) is -4.36. The monoisotopic (exact) mass is 298 g/mol. The van der Waals surface area contributed by atoms with E-state index in [1.54, 1.807) is 18.8 Å². The molecule has 2 nitrogen and oxygen atoms in total. The largest absolute Gasteiger partial charge is 0.434 e. The van der Waals surface area contributed by atoms with E-state index >= 15 is 0 Å². The van der Waals surface area contributed by atoms with E-state index in [4.69, 9.17) is 0 Å². The van der Waals surface area contributed by atoms with Crippen molar-refractivity contribution in [3.8, 4) is 0 Å². The van der Waals surface area contributed by atoms with Gasteiger partial charge < -0.3 is 5.32 Å². The van der Waals surface area contributed by atoms with Gasteiger partial charge in [-0.3, -0.25) is 0 Å². The van der Waals surface area contributed by atoms with Crippen molar-refractivity contribution in [3.63, 3.8) is 0 Å². The summed E-state index contributed by atoms with van der Waals surface area (Å²) in [6.45, 7) is 4.38. The first-order valence-corrected chi connectivity index (χ1v) is 7.59. The smallest absolute Gasteiger partial charge is 0.315 e. The third kappa shape index (κ3) is 4.78. The van der Waals surface area contributed by atoms with Crippen molar-refractivity contribution in [1.29, 1.82) is 0 Å². The maximum atomic E-state index is 12.7. The number of alkyl halides is 3. The fraction of sp³-hybridized carbons (Fsp3) is 0.727. The van der Waals surface area contributed by atoms with Gasteiger partial charge in [0.15, 0.2) is 5.69 Å². The van der Waals surface area contributed by atoms with E-state index in [1.165, 1.54) is 0 Å². The highest BCUT2D eigenvalue weighted by Crippen LogP contribution is 2.35. The van der Waals surface area contributed by atoms with Gasteiger partial charge in [-0.2, -0.15) is 24.9 Å². The van der Waals surface area contributed by atoms with Crippen LogP contribution in [0.3, 0.4) is 0 Å². The maximum absolute atomic E-state index is 12.7. The summed E-state index contributed by atoms with van der Waals surface area (Å²) in [6, 6.07) is 0. The molecule has 1 aromatic heterocycles. The molecule has 0 unspecified atom stereocenters. The predicted molar refractivity (Wildman–Crippen MR) is 70.9 cm³/mol. The van der Waals surface area contributed by atoms with E-state index in [-0.39, 0.29) is 11.4 Å². The Labute approximate surface area is 113 Å². The Morgan fingerprint density at radius 3 is 2.56 bits per heavy atom. The van der Waals surface area contributed by atoms with Crippen LogP contribution in [0.1, 0.15) is 29.4 Å². The first-order valence-electron chi connectivity index (χ1n) is 5.62. The van der Waals surface area contributed by atoms with Gasteiger partial charge in [0.25, 0.3) is 0 Å². The number of nitrogens with zero attached hydrogens (tertiary/aromatic N) is 1. The fourth-order valence-corrected chi connectivity index (χ4v) is 3.56. The molecule has 0 fully saturated rings. The number of thioether (sulfide) groups is 1. The first-order chi connectivity index (χ1) is 8.34. The molecule has 0 aromatic carbocycles. The highest BCUT2D eigenvalue weighted by atomic mass is 32.2. The van der Waals surface area contributed by atoms with E-state index in [0.29, 0.717) is 16.7 Å². The molecule has 0 bridgehead atoms. The predicted octanol–water partition coefficient (Wildman–Crippen LogP) is 3.77. The molecule has 0 saturated heterocycles. The number of halogens is 3. The maximum Gasteiger partial charge on any atom is 0.434 e. The van der Waals surface area contributed by atoms with Gasteiger partial charge in [-0.15, -0.1) is 11.3 Å². The van der Waals surface area contributed by atoms with Crippen LogP contribution in [0.25, 0.3) is 0 Å². The van der Waals surface area contributed by atoms with Gasteiger partial charge in [0.2, 0.25) is 0 Å². The molecular weight excluding hydrogens is 281 g/mol. The summed E-state index contributed by atoms with van der Waals surface area (Å²) in [7, 11) is 1.63. The van der Waals surface area contributed by atoms with Crippen molar-refractivity contribution in [1.82, 2.24) is 10.3 Å². The fourth-order valence-electron chi connectivity index (χ4n) is 1.35. The van der Waals surface area contributed by atoms with E-state index < -0.39 is 11.9 Å². The molecule has 0 atom stereocenters. The molecule has 0 aliphatic rings. The Morgan fingerprint density at radius 1 is 1.39 bits per heavy atom. The third-order valence-electron chi connectivity index (χ3n) is 2.02. The number of thiazole rings is 1. The van der Waals surface area contributed by atoms with Crippen LogP contribution in [0.4, 0.5) is 13.2 Å². The van der Waals surface area contributed by atoms with Crippen LogP contribution in [0.15, 0.2) is 0 Å². The first kappa shape index (κ1) is 15.8. The standard InChI is InChI=1S/C11H17F3N2S2/c1-7(2)5-17-6-9-16-10(11(12,13)14)8(18-9)4-15-3/h7,15H,4-6H2,1-3H3. The van der Waals surface area contributed by atoms with Crippen LogP contribution in [0, 0.1) is 5.92 Å². The summed E-state index contributed by atoms with van der Waals surface area (Å²) in [5, 5.41) is 3.30. The van der Waals surface area contributed by atoms with Gasteiger partial charge in [0.1, 0.15) is 5.01 Å². The topological polar surface area (TPSA) is 24.9 Å². The number of aromatic nitrogens is 1. The number of rotatable bonds is 6. The summed E-state index contributed by atoms with van der Waals surface area (Å²) >= 11 is 2.77. The van der Waals surface area contributed by atoms with Gasteiger partial charge >= 0.3 is 6.18 Å². The average Bonchev–Trinajstić information content (AvgIpc) is 2.61. The number of nitrogens with one attached hydrogen (secondary N) is 1. The molecule has 1 rings (SSSR count). The molecule has 0 spiro atoms. The zero-order chi connectivity index (χ0) is 13.8. The Hall–Kier alpha value is -0.270. The third-order valence-corrected chi connectivity index (χ3v) is 4.64. The van der Waals surface area contributed by atoms with Crippen LogP contribution in [0.5, 0.6) is 0 Å². The molecule has 18 heavy (non-hydrogen) atoms. The lowest BCUT2D eigenvalue weighted by molar-refractivity contribution is -0.141. The lowest BCUT2D eigenvalue weighted by atomic mass is 10.3. The molecule has 0 amide bonds. The molecule has 0 saturated carbocycles. The van der Waals surface area contributed by atoms with E-state index in [9.17, 15) is 13.2 Å². The molecular formula is C11H17F3N2S2. The Bertz CT molecular complexity index is 375. The van der Waals surface area contributed by atoms with E-state index in [2.05, 4.69) is 24.1 Å². The minimum absolute atomic E-state index is 0.210. The van der Waals surface area contributed by atoms with Gasteiger partial charge in [0, 0.05) is 12.3 Å². The number of hydrogen-bond acceptors (Lipinski definition) is 4. The Balaban J connectivity index is 2.76. The average molecular weight is 298 g/mol. The van der Waals surface area contributed by atoms with Crippen molar-refractivity contribution >= 4 is 23.1 Å². The van der Waals surface area contributed by atoms with Crippen LogP contribution in [-0.2, 0) is 18.5 Å². The van der Waals surface area contributed by atoms with Crippen LogP contribution < -0.4 is 5.32 Å². The second kappa shape index (κ2) is 6.77. The summed E-state index contributed by atoms with van der Waals surface area (Å²) < 4.78 is 38.2. The summed E-state index contributed by atoms with van der Waals surface area (Å²) in [5.74, 6) is 2.02. The summed E-state index contributed by atoms with van der Waals surface area (Å²) in [4.78, 5) is 4.00. The second-order valence-corrected chi connectivity index (χ2v) is 6.51. The highest BCUT2D eigenvalue weighted by molar-refractivity contribution is 7.98. The van der Waals surface area contributed by atoms with Crippen LogP contribution in [0.2, 0.25) is 0 Å². The van der Waals surface area contributed by atoms with E-state index in [0.717, 1.165) is 17.1 Å². The van der Waals surface area contributed by atoms with Gasteiger partial charge in [-0.25, -0.2) is 4.98 Å². The van der Waals surface area contributed by atoms with Gasteiger partial charge in [-0.1, -0.05) is 13.8 Å². The zero-order valence-electron chi connectivity index (χ0n) is 10.6. The number of hydrogen-bond donors (Lipinski definition) is 1. The molecule has 0 radical (unpaired) electrons. The normalized spacial score (nSPS) is 12.4. The minimum atomic E-state index is -4.36. The van der Waals surface area contributed by atoms with Crippen molar-refractivity contribution in [2.75, 3.05) is 12.8 Å². The van der Waals surface area contributed by atoms with E-state index in [1.807, 2.05) is 0 Å². The molecule has 0 aliphatic carbocycles. The second-order valence-electron chi connectivity index (χ2n) is 4.32. The minimum Gasteiger partial charge on any atom is -0.315 e. The molecule has 1 heterocycles. The highest BCUT2D eigenvalue weighted by Gasteiger charge is 2.37. The molecule has 0 aliphatic heterocycles. The SMILES string of the molecule is CNCc1sc(CSCC(C)C)nc1C(F)(F)F. The Kier molecular flexibility index (Phi) is 5.94. The van der Waals surface area contributed by atoms with Crippen molar-refractivity contribution in [2.45, 2.75) is 32.3 Å². The van der Waals surface area contributed by atoms with Gasteiger partial charge in [-0.05, 0) is 18.7 Å². The molecule has 104 valence electrons. The Morgan fingerprint density at radius 2 is 2.06 bits per heavy atom.